The molecule has 4 rings (SSSR count). The molecule has 156 valence electrons. The van der Waals surface area contributed by atoms with Crippen LogP contribution < -0.4 is 10.2 Å². The first kappa shape index (κ1) is 20.2. The van der Waals surface area contributed by atoms with Gasteiger partial charge in [-0.2, -0.15) is 0 Å². The second-order valence-electron chi connectivity index (χ2n) is 7.66. The zero-order valence-corrected chi connectivity index (χ0v) is 17.4. The highest BCUT2D eigenvalue weighted by Crippen LogP contribution is 2.28. The van der Waals surface area contributed by atoms with Crippen molar-refractivity contribution in [2.24, 2.45) is 0 Å². The normalized spacial score (nSPS) is 21.7. The molecule has 2 aromatic carbocycles. The highest BCUT2D eigenvalue weighted by atomic mass is 35.5. The number of rotatable bonds is 4. The van der Waals surface area contributed by atoms with E-state index in [4.69, 9.17) is 11.6 Å². The molecule has 2 heterocycles. The Morgan fingerprint density at radius 3 is 2.40 bits per heavy atom. The summed E-state index contributed by atoms with van der Waals surface area (Å²) in [7, 11) is 0. The zero-order valence-electron chi connectivity index (χ0n) is 16.7. The van der Waals surface area contributed by atoms with E-state index in [1.165, 1.54) is 0 Å². The quantitative estimate of drug-likeness (QED) is 0.762. The fourth-order valence-corrected chi connectivity index (χ4v) is 4.11. The summed E-state index contributed by atoms with van der Waals surface area (Å²) >= 11 is 6.07. The molecule has 0 radical (unpaired) electrons. The van der Waals surface area contributed by atoms with E-state index in [2.05, 4.69) is 10.2 Å². The van der Waals surface area contributed by atoms with Gasteiger partial charge in [0.15, 0.2) is 0 Å². The summed E-state index contributed by atoms with van der Waals surface area (Å²) in [6.07, 6.45) is 0. The molecule has 8 heteroatoms. The Morgan fingerprint density at radius 1 is 1.03 bits per heavy atom. The van der Waals surface area contributed by atoms with Crippen molar-refractivity contribution in [2.45, 2.75) is 12.5 Å². The SMILES string of the molecule is CC1(c2ccccc2)NC(=O)N(CC(=O)N2CCN(c3cccc(Cl)c3)CC2)C1=O. The number of halogens is 1. The Bertz CT molecular complexity index is 975. The molecule has 0 bridgehead atoms. The van der Waals surface area contributed by atoms with Crippen LogP contribution in [-0.4, -0.2) is 60.4 Å². The Hall–Kier alpha value is -3.06. The summed E-state index contributed by atoms with van der Waals surface area (Å²) < 4.78 is 0. The van der Waals surface area contributed by atoms with E-state index in [1.54, 1.807) is 24.0 Å². The highest BCUT2D eigenvalue weighted by molar-refractivity contribution is 6.30. The van der Waals surface area contributed by atoms with Crippen molar-refractivity contribution in [2.75, 3.05) is 37.6 Å². The van der Waals surface area contributed by atoms with Crippen molar-refractivity contribution < 1.29 is 14.4 Å². The molecule has 2 aliphatic rings. The summed E-state index contributed by atoms with van der Waals surface area (Å²) in [5, 5.41) is 3.41. The lowest BCUT2D eigenvalue weighted by atomic mass is 9.92. The van der Waals surface area contributed by atoms with Crippen LogP contribution >= 0.6 is 11.6 Å². The van der Waals surface area contributed by atoms with Gasteiger partial charge in [0.1, 0.15) is 12.1 Å². The summed E-state index contributed by atoms with van der Waals surface area (Å²) in [5.74, 6) is -0.647. The molecule has 30 heavy (non-hydrogen) atoms. The number of nitrogens with zero attached hydrogens (tertiary/aromatic N) is 3. The van der Waals surface area contributed by atoms with Gasteiger partial charge in [0.2, 0.25) is 5.91 Å². The van der Waals surface area contributed by atoms with Crippen molar-refractivity contribution in [1.82, 2.24) is 15.1 Å². The minimum atomic E-state index is -1.16. The van der Waals surface area contributed by atoms with Crippen LogP contribution in [0.25, 0.3) is 0 Å². The summed E-state index contributed by atoms with van der Waals surface area (Å²) in [6.45, 7) is 3.76. The van der Waals surface area contributed by atoms with Crippen molar-refractivity contribution in [3.05, 3.63) is 65.2 Å². The van der Waals surface area contributed by atoms with Crippen LogP contribution in [0.3, 0.4) is 0 Å². The van der Waals surface area contributed by atoms with Crippen LogP contribution in [0.5, 0.6) is 0 Å². The van der Waals surface area contributed by atoms with E-state index < -0.39 is 17.5 Å². The number of imide groups is 1. The minimum absolute atomic E-state index is 0.235. The van der Waals surface area contributed by atoms with Gasteiger partial charge in [-0.05, 0) is 30.7 Å². The lowest BCUT2D eigenvalue weighted by Crippen LogP contribution is -2.52. The second kappa shape index (κ2) is 7.99. The van der Waals surface area contributed by atoms with Crippen molar-refractivity contribution in [3.63, 3.8) is 0 Å². The lowest BCUT2D eigenvalue weighted by Gasteiger charge is -2.36. The number of hydrogen-bond donors (Lipinski definition) is 1. The van der Waals surface area contributed by atoms with E-state index in [0.717, 1.165) is 10.6 Å². The minimum Gasteiger partial charge on any atom is -0.368 e. The van der Waals surface area contributed by atoms with Gasteiger partial charge < -0.3 is 15.1 Å². The number of piperazine rings is 1. The lowest BCUT2D eigenvalue weighted by molar-refractivity contribution is -0.139. The third kappa shape index (κ3) is 3.73. The van der Waals surface area contributed by atoms with E-state index in [-0.39, 0.29) is 12.5 Å². The van der Waals surface area contributed by atoms with Crippen LogP contribution in [0.2, 0.25) is 5.02 Å². The number of hydrogen-bond acceptors (Lipinski definition) is 4. The molecule has 2 aliphatic heterocycles. The smallest absolute Gasteiger partial charge is 0.325 e. The van der Waals surface area contributed by atoms with E-state index >= 15 is 0 Å². The molecule has 0 aromatic heterocycles. The average Bonchev–Trinajstić information content (AvgIpc) is 2.98. The zero-order chi connectivity index (χ0) is 21.3. The van der Waals surface area contributed by atoms with Crippen molar-refractivity contribution in [3.8, 4) is 0 Å². The Labute approximate surface area is 180 Å². The Kier molecular flexibility index (Phi) is 5.39. The summed E-state index contributed by atoms with van der Waals surface area (Å²) in [5.41, 5.74) is 0.542. The molecule has 1 atom stereocenters. The van der Waals surface area contributed by atoms with E-state index in [1.807, 2.05) is 42.5 Å². The number of benzene rings is 2. The maximum atomic E-state index is 13.0. The molecule has 0 aliphatic carbocycles. The highest BCUT2D eigenvalue weighted by Gasteiger charge is 2.49. The third-order valence-corrected chi connectivity index (χ3v) is 5.96. The molecule has 2 fully saturated rings. The summed E-state index contributed by atoms with van der Waals surface area (Å²) in [4.78, 5) is 43.1. The molecule has 7 nitrogen and oxygen atoms in total. The Balaban J connectivity index is 1.39. The topological polar surface area (TPSA) is 73.0 Å². The van der Waals surface area contributed by atoms with E-state index in [0.29, 0.717) is 36.8 Å². The first-order chi connectivity index (χ1) is 14.4. The molecular weight excluding hydrogens is 404 g/mol. The van der Waals surface area contributed by atoms with Crippen molar-refractivity contribution >= 4 is 35.1 Å². The fourth-order valence-electron chi connectivity index (χ4n) is 3.93. The molecule has 1 N–H and O–H groups in total. The molecule has 2 aromatic rings. The fraction of sp³-hybridized carbons (Fsp3) is 0.318. The Morgan fingerprint density at radius 2 is 1.73 bits per heavy atom. The van der Waals surface area contributed by atoms with Crippen LogP contribution in [0.1, 0.15) is 12.5 Å². The summed E-state index contributed by atoms with van der Waals surface area (Å²) in [6, 6.07) is 16.1. The van der Waals surface area contributed by atoms with Crippen molar-refractivity contribution in [1.29, 1.82) is 0 Å². The predicted molar refractivity (Wildman–Crippen MR) is 114 cm³/mol. The van der Waals surface area contributed by atoms with Crippen LogP contribution in [0, 0.1) is 0 Å². The van der Waals surface area contributed by atoms with Crippen LogP contribution in [-0.2, 0) is 15.1 Å². The number of nitrogens with one attached hydrogen (secondary N) is 1. The average molecular weight is 427 g/mol. The third-order valence-electron chi connectivity index (χ3n) is 5.73. The maximum Gasteiger partial charge on any atom is 0.325 e. The van der Waals surface area contributed by atoms with Gasteiger partial charge in [-0.1, -0.05) is 48.0 Å². The molecule has 0 saturated carbocycles. The number of urea groups is 1. The van der Waals surface area contributed by atoms with Gasteiger partial charge in [-0.15, -0.1) is 0 Å². The van der Waals surface area contributed by atoms with Crippen LogP contribution in [0.4, 0.5) is 10.5 Å². The molecule has 2 saturated heterocycles. The number of amides is 4. The first-order valence-corrected chi connectivity index (χ1v) is 10.2. The maximum absolute atomic E-state index is 13.0. The molecule has 0 spiro atoms. The molecule has 4 amide bonds. The van der Waals surface area contributed by atoms with Gasteiger partial charge in [-0.25, -0.2) is 4.79 Å². The number of carbonyl (C=O) groups excluding carboxylic acids is 3. The number of anilines is 1. The monoisotopic (exact) mass is 426 g/mol. The van der Waals surface area contributed by atoms with Gasteiger partial charge in [-0.3, -0.25) is 14.5 Å². The predicted octanol–water partition coefficient (Wildman–Crippen LogP) is 2.46. The van der Waals surface area contributed by atoms with Gasteiger partial charge in [0.05, 0.1) is 0 Å². The molecular formula is C22H23ClN4O3. The van der Waals surface area contributed by atoms with Crippen LogP contribution in [0.15, 0.2) is 54.6 Å². The first-order valence-electron chi connectivity index (χ1n) is 9.86. The van der Waals surface area contributed by atoms with Gasteiger partial charge in [0.25, 0.3) is 5.91 Å². The largest absolute Gasteiger partial charge is 0.368 e. The number of carbonyl (C=O) groups is 3. The standard InChI is InChI=1S/C22H23ClN4O3/c1-22(16-6-3-2-4-7-16)20(29)27(21(30)24-22)15-19(28)26-12-10-25(11-13-26)18-9-5-8-17(23)14-18/h2-9,14H,10-13,15H2,1H3,(H,24,30). The molecule has 1 unspecified atom stereocenters. The second-order valence-corrected chi connectivity index (χ2v) is 8.10. The van der Waals surface area contributed by atoms with Gasteiger partial charge in [0, 0.05) is 36.9 Å². The van der Waals surface area contributed by atoms with E-state index in [9.17, 15) is 14.4 Å². The van der Waals surface area contributed by atoms with Gasteiger partial charge >= 0.3 is 6.03 Å².